The molecule has 0 aromatic rings. The number of aliphatic hydroxyl groups excluding tert-OH is 1. The van der Waals surface area contributed by atoms with Crippen LogP contribution in [0.25, 0.3) is 0 Å². The number of likely N-dealkylation sites (tertiary alicyclic amines) is 1. The van der Waals surface area contributed by atoms with Crippen LogP contribution in [0.15, 0.2) is 0 Å². The van der Waals surface area contributed by atoms with Crippen molar-refractivity contribution < 1.29 is 14.6 Å². The first-order valence-electron chi connectivity index (χ1n) is 4.76. The van der Waals surface area contributed by atoms with Crippen LogP contribution < -0.4 is 0 Å². The third-order valence-corrected chi connectivity index (χ3v) is 2.97. The second-order valence-electron chi connectivity index (χ2n) is 3.85. The molecular formula is C9H15NO3. The molecule has 0 spiro atoms. The first kappa shape index (κ1) is 8.81. The standard InChI is InChI=1S/C9H15NO3/c1-13-9(12)10-5-4-7(10)8(11)6-2-3-6/h6-8,11H,2-5H2,1H3. The normalized spacial score (nSPS) is 29.4. The van der Waals surface area contributed by atoms with E-state index in [1.807, 2.05) is 0 Å². The molecule has 0 aromatic carbocycles. The van der Waals surface area contributed by atoms with E-state index in [1.165, 1.54) is 7.11 Å². The summed E-state index contributed by atoms with van der Waals surface area (Å²) in [5.41, 5.74) is 0. The fourth-order valence-electron chi connectivity index (χ4n) is 1.86. The second-order valence-corrected chi connectivity index (χ2v) is 3.85. The molecule has 1 amide bonds. The van der Waals surface area contributed by atoms with Crippen LogP contribution in [0.1, 0.15) is 19.3 Å². The fourth-order valence-corrected chi connectivity index (χ4v) is 1.86. The van der Waals surface area contributed by atoms with Crippen LogP contribution in [0.5, 0.6) is 0 Å². The third-order valence-electron chi connectivity index (χ3n) is 2.97. The maximum atomic E-state index is 11.1. The molecule has 2 unspecified atom stereocenters. The van der Waals surface area contributed by atoms with Gasteiger partial charge in [-0.2, -0.15) is 0 Å². The van der Waals surface area contributed by atoms with Gasteiger partial charge in [0.05, 0.1) is 19.3 Å². The van der Waals surface area contributed by atoms with Gasteiger partial charge in [0.15, 0.2) is 0 Å². The van der Waals surface area contributed by atoms with Gasteiger partial charge in [-0.15, -0.1) is 0 Å². The van der Waals surface area contributed by atoms with Crippen molar-refractivity contribution >= 4 is 6.09 Å². The highest BCUT2D eigenvalue weighted by molar-refractivity contribution is 5.69. The number of aliphatic hydroxyl groups is 1. The van der Waals surface area contributed by atoms with Crippen LogP contribution in [0.4, 0.5) is 4.79 Å². The molecule has 2 rings (SSSR count). The fraction of sp³-hybridized carbons (Fsp3) is 0.889. The zero-order valence-corrected chi connectivity index (χ0v) is 7.77. The molecule has 2 aliphatic rings. The molecule has 0 aromatic heterocycles. The number of ether oxygens (including phenoxy) is 1. The van der Waals surface area contributed by atoms with Gasteiger partial charge in [-0.3, -0.25) is 0 Å². The molecule has 0 bridgehead atoms. The van der Waals surface area contributed by atoms with Crippen molar-refractivity contribution in [2.45, 2.75) is 31.4 Å². The molecular weight excluding hydrogens is 170 g/mol. The Morgan fingerprint density at radius 1 is 1.54 bits per heavy atom. The van der Waals surface area contributed by atoms with Crippen molar-refractivity contribution in [1.29, 1.82) is 0 Å². The molecule has 4 nitrogen and oxygen atoms in total. The Kier molecular flexibility index (Phi) is 2.15. The van der Waals surface area contributed by atoms with Crippen LogP contribution in [-0.2, 0) is 4.74 Å². The summed E-state index contributed by atoms with van der Waals surface area (Å²) in [6.45, 7) is 0.723. The molecule has 1 heterocycles. The molecule has 1 saturated heterocycles. The topological polar surface area (TPSA) is 49.8 Å². The van der Waals surface area contributed by atoms with Gasteiger partial charge < -0.3 is 14.7 Å². The van der Waals surface area contributed by atoms with Gasteiger partial charge in [-0.25, -0.2) is 4.79 Å². The minimum Gasteiger partial charge on any atom is -0.453 e. The number of carbonyl (C=O) groups is 1. The molecule has 2 atom stereocenters. The minimum atomic E-state index is -0.326. The molecule has 2 fully saturated rings. The Morgan fingerprint density at radius 2 is 2.23 bits per heavy atom. The Bertz CT molecular complexity index is 215. The Hall–Kier alpha value is -0.770. The number of nitrogens with zero attached hydrogens (tertiary/aromatic N) is 1. The van der Waals surface area contributed by atoms with Crippen molar-refractivity contribution in [2.75, 3.05) is 13.7 Å². The Labute approximate surface area is 77.5 Å². The van der Waals surface area contributed by atoms with E-state index < -0.39 is 0 Å². The average Bonchev–Trinajstić information content (AvgIpc) is 2.84. The summed E-state index contributed by atoms with van der Waals surface area (Å²) < 4.78 is 4.61. The summed E-state index contributed by atoms with van der Waals surface area (Å²) in [6.07, 6.45) is 2.48. The summed E-state index contributed by atoms with van der Waals surface area (Å²) in [5, 5.41) is 9.77. The number of methoxy groups -OCH3 is 1. The summed E-state index contributed by atoms with van der Waals surface area (Å²) in [5.74, 6) is 0.428. The van der Waals surface area contributed by atoms with Crippen LogP contribution in [0, 0.1) is 5.92 Å². The molecule has 1 aliphatic carbocycles. The van der Waals surface area contributed by atoms with Gasteiger partial charge >= 0.3 is 6.09 Å². The van der Waals surface area contributed by atoms with Gasteiger partial charge in [0, 0.05) is 6.54 Å². The van der Waals surface area contributed by atoms with Crippen molar-refractivity contribution in [3.8, 4) is 0 Å². The molecule has 0 radical (unpaired) electrons. The zero-order valence-electron chi connectivity index (χ0n) is 7.77. The number of carbonyl (C=O) groups excluding carboxylic acids is 1. The number of rotatable bonds is 2. The van der Waals surface area contributed by atoms with Crippen molar-refractivity contribution in [3.05, 3.63) is 0 Å². The summed E-state index contributed by atoms with van der Waals surface area (Å²) in [4.78, 5) is 12.8. The summed E-state index contributed by atoms with van der Waals surface area (Å²) in [6, 6.07) is 0.0138. The predicted octanol–water partition coefficient (Wildman–Crippen LogP) is 0.598. The lowest BCUT2D eigenvalue weighted by atomic mass is 9.95. The van der Waals surface area contributed by atoms with Gasteiger partial charge in [-0.1, -0.05) is 0 Å². The summed E-state index contributed by atoms with van der Waals surface area (Å²) in [7, 11) is 1.38. The van der Waals surface area contributed by atoms with Crippen molar-refractivity contribution in [3.63, 3.8) is 0 Å². The van der Waals surface area contributed by atoms with Gasteiger partial charge in [0.25, 0.3) is 0 Å². The molecule has 1 saturated carbocycles. The molecule has 1 N–H and O–H groups in total. The van der Waals surface area contributed by atoms with E-state index in [9.17, 15) is 9.90 Å². The minimum absolute atomic E-state index is 0.0138. The second kappa shape index (κ2) is 3.18. The average molecular weight is 185 g/mol. The monoisotopic (exact) mass is 185 g/mol. The van der Waals surface area contributed by atoms with Crippen LogP contribution >= 0.6 is 0 Å². The van der Waals surface area contributed by atoms with Gasteiger partial charge in [0.1, 0.15) is 0 Å². The highest BCUT2D eigenvalue weighted by atomic mass is 16.5. The van der Waals surface area contributed by atoms with E-state index in [-0.39, 0.29) is 18.2 Å². The largest absolute Gasteiger partial charge is 0.453 e. The molecule has 1 aliphatic heterocycles. The van der Waals surface area contributed by atoms with E-state index >= 15 is 0 Å². The SMILES string of the molecule is COC(=O)N1CCC1C(O)C1CC1. The smallest absolute Gasteiger partial charge is 0.409 e. The van der Waals surface area contributed by atoms with Gasteiger partial charge in [-0.05, 0) is 25.2 Å². The van der Waals surface area contributed by atoms with Crippen LogP contribution in [0.3, 0.4) is 0 Å². The van der Waals surface area contributed by atoms with E-state index in [0.717, 1.165) is 25.8 Å². The van der Waals surface area contributed by atoms with E-state index in [4.69, 9.17) is 0 Å². The lowest BCUT2D eigenvalue weighted by Crippen LogP contribution is -2.57. The maximum Gasteiger partial charge on any atom is 0.409 e. The number of hydrogen-bond donors (Lipinski definition) is 1. The highest BCUT2D eigenvalue weighted by Gasteiger charge is 2.44. The number of amides is 1. The maximum absolute atomic E-state index is 11.1. The Balaban J connectivity index is 1.89. The van der Waals surface area contributed by atoms with E-state index in [1.54, 1.807) is 4.90 Å². The molecule has 13 heavy (non-hydrogen) atoms. The molecule has 74 valence electrons. The Morgan fingerprint density at radius 3 is 2.62 bits per heavy atom. The van der Waals surface area contributed by atoms with Crippen LogP contribution in [0.2, 0.25) is 0 Å². The van der Waals surface area contributed by atoms with Gasteiger partial charge in [0.2, 0.25) is 0 Å². The van der Waals surface area contributed by atoms with Crippen molar-refractivity contribution in [2.24, 2.45) is 5.92 Å². The predicted molar refractivity (Wildman–Crippen MR) is 46.2 cm³/mol. The van der Waals surface area contributed by atoms with Crippen molar-refractivity contribution in [1.82, 2.24) is 4.90 Å². The summed E-state index contributed by atoms with van der Waals surface area (Å²) >= 11 is 0. The zero-order chi connectivity index (χ0) is 9.42. The number of hydrogen-bond acceptors (Lipinski definition) is 3. The first-order chi connectivity index (χ1) is 6.24. The quantitative estimate of drug-likeness (QED) is 0.685. The lowest BCUT2D eigenvalue weighted by molar-refractivity contribution is -0.0185. The first-order valence-corrected chi connectivity index (χ1v) is 4.76. The van der Waals surface area contributed by atoms with E-state index in [2.05, 4.69) is 4.74 Å². The van der Waals surface area contributed by atoms with E-state index in [0.29, 0.717) is 5.92 Å². The van der Waals surface area contributed by atoms with Crippen LogP contribution in [-0.4, -0.2) is 41.9 Å². The highest BCUT2D eigenvalue weighted by Crippen LogP contribution is 2.38. The molecule has 4 heteroatoms. The lowest BCUT2D eigenvalue weighted by Gasteiger charge is -2.42. The third kappa shape index (κ3) is 1.50.